The first-order chi connectivity index (χ1) is 10.1. The van der Waals surface area contributed by atoms with E-state index in [-0.39, 0.29) is 17.4 Å². The maximum Gasteiger partial charge on any atom is 0.263 e. The van der Waals surface area contributed by atoms with E-state index in [9.17, 15) is 8.42 Å². The monoisotopic (exact) mass is 303 g/mol. The lowest BCUT2D eigenvalue weighted by Crippen LogP contribution is -2.13. The lowest BCUT2D eigenvalue weighted by molar-refractivity contribution is 0.174. The molecular weight excluding hydrogens is 294 g/mol. The van der Waals surface area contributed by atoms with Crippen LogP contribution in [0.3, 0.4) is 0 Å². The molecule has 8 heteroatoms. The van der Waals surface area contributed by atoms with Crippen molar-refractivity contribution in [3.8, 4) is 17.6 Å². The largest absolute Gasteiger partial charge is 0.454 e. The number of hydrogen-bond donors (Lipinski definition) is 1. The van der Waals surface area contributed by atoms with Crippen LogP contribution < -0.4 is 14.2 Å². The van der Waals surface area contributed by atoms with Gasteiger partial charge in [0.1, 0.15) is 16.7 Å². The van der Waals surface area contributed by atoms with Crippen molar-refractivity contribution in [2.24, 2.45) is 0 Å². The average Bonchev–Trinajstić information content (AvgIpc) is 2.94. The minimum atomic E-state index is -3.77. The molecule has 2 heterocycles. The van der Waals surface area contributed by atoms with Crippen LogP contribution in [0.5, 0.6) is 11.5 Å². The van der Waals surface area contributed by atoms with Crippen LogP contribution in [0.1, 0.15) is 5.69 Å². The Labute approximate surface area is 120 Å². The molecule has 21 heavy (non-hydrogen) atoms. The second-order valence-corrected chi connectivity index (χ2v) is 5.85. The molecule has 1 aliphatic rings. The third kappa shape index (κ3) is 2.59. The average molecular weight is 303 g/mol. The predicted octanol–water partition coefficient (Wildman–Crippen LogP) is 1.48. The molecule has 1 aliphatic heterocycles. The first-order valence-electron chi connectivity index (χ1n) is 5.87. The van der Waals surface area contributed by atoms with Crippen LogP contribution in [0.15, 0.2) is 41.4 Å². The summed E-state index contributed by atoms with van der Waals surface area (Å²) in [6.45, 7) is 0.116. The fraction of sp³-hybridized carbons (Fsp3) is 0.0769. The summed E-state index contributed by atoms with van der Waals surface area (Å²) in [5.74, 6) is 1.05. The summed E-state index contributed by atoms with van der Waals surface area (Å²) in [6, 6.07) is 9.22. The van der Waals surface area contributed by atoms with Crippen LogP contribution in [-0.4, -0.2) is 20.2 Å². The van der Waals surface area contributed by atoms with Crippen LogP contribution in [0.2, 0.25) is 0 Å². The molecule has 0 saturated carbocycles. The number of benzene rings is 1. The van der Waals surface area contributed by atoms with Gasteiger partial charge < -0.3 is 9.47 Å². The molecule has 3 rings (SSSR count). The molecule has 0 radical (unpaired) electrons. The summed E-state index contributed by atoms with van der Waals surface area (Å²) >= 11 is 0. The maximum absolute atomic E-state index is 12.2. The number of nitriles is 1. The smallest absolute Gasteiger partial charge is 0.263 e. The van der Waals surface area contributed by atoms with E-state index in [1.54, 1.807) is 12.1 Å². The summed E-state index contributed by atoms with van der Waals surface area (Å²) < 4.78 is 37.1. The molecule has 0 unspecified atom stereocenters. The summed E-state index contributed by atoms with van der Waals surface area (Å²) in [6.07, 6.45) is 1.13. The molecular formula is C13H9N3O4S. The topological polar surface area (TPSA) is 101 Å². The number of ether oxygens (including phenoxy) is 2. The van der Waals surface area contributed by atoms with Crippen molar-refractivity contribution in [1.82, 2.24) is 4.98 Å². The van der Waals surface area contributed by atoms with E-state index in [1.165, 1.54) is 18.2 Å². The Hall–Kier alpha value is -2.79. The number of aromatic nitrogens is 1. The van der Waals surface area contributed by atoms with Gasteiger partial charge in [-0.05, 0) is 24.3 Å². The molecule has 0 bridgehead atoms. The van der Waals surface area contributed by atoms with Crippen molar-refractivity contribution in [2.45, 2.75) is 4.90 Å². The number of pyridine rings is 1. The summed E-state index contributed by atoms with van der Waals surface area (Å²) in [5.41, 5.74) is 0.501. The van der Waals surface area contributed by atoms with Gasteiger partial charge in [-0.15, -0.1) is 0 Å². The molecule has 0 amide bonds. The van der Waals surface area contributed by atoms with E-state index in [2.05, 4.69) is 9.71 Å². The SMILES string of the molecule is N#Cc1ccc(S(=O)(=O)Nc2ccc3c(c2)OCO3)cn1. The van der Waals surface area contributed by atoms with Crippen molar-refractivity contribution >= 4 is 15.7 Å². The Kier molecular flexibility index (Phi) is 3.12. The van der Waals surface area contributed by atoms with E-state index in [1.807, 2.05) is 6.07 Å². The Morgan fingerprint density at radius 1 is 1.19 bits per heavy atom. The Balaban J connectivity index is 1.87. The van der Waals surface area contributed by atoms with Crippen molar-refractivity contribution in [3.05, 3.63) is 42.2 Å². The zero-order valence-electron chi connectivity index (χ0n) is 10.6. The lowest BCUT2D eigenvalue weighted by atomic mass is 10.3. The van der Waals surface area contributed by atoms with Gasteiger partial charge in [0.15, 0.2) is 11.5 Å². The van der Waals surface area contributed by atoms with Gasteiger partial charge in [0, 0.05) is 12.3 Å². The third-order valence-corrected chi connectivity index (χ3v) is 4.15. The van der Waals surface area contributed by atoms with E-state index in [4.69, 9.17) is 14.7 Å². The third-order valence-electron chi connectivity index (χ3n) is 2.79. The number of hydrogen-bond acceptors (Lipinski definition) is 6. The molecule has 1 aromatic carbocycles. The van der Waals surface area contributed by atoms with E-state index in [0.29, 0.717) is 17.2 Å². The zero-order valence-corrected chi connectivity index (χ0v) is 11.4. The molecule has 0 aliphatic carbocycles. The highest BCUT2D eigenvalue weighted by Crippen LogP contribution is 2.34. The van der Waals surface area contributed by atoms with Gasteiger partial charge in [0.2, 0.25) is 6.79 Å². The van der Waals surface area contributed by atoms with E-state index < -0.39 is 10.0 Å². The van der Waals surface area contributed by atoms with Crippen LogP contribution in [-0.2, 0) is 10.0 Å². The molecule has 1 aromatic heterocycles. The highest BCUT2D eigenvalue weighted by Gasteiger charge is 2.18. The second-order valence-electron chi connectivity index (χ2n) is 4.16. The Bertz CT molecular complexity index is 825. The first kappa shape index (κ1) is 13.2. The summed E-state index contributed by atoms with van der Waals surface area (Å²) in [5, 5.41) is 8.65. The van der Waals surface area contributed by atoms with Crippen molar-refractivity contribution in [1.29, 1.82) is 5.26 Å². The molecule has 7 nitrogen and oxygen atoms in total. The predicted molar refractivity (Wildman–Crippen MR) is 72.3 cm³/mol. The number of anilines is 1. The highest BCUT2D eigenvalue weighted by atomic mass is 32.2. The van der Waals surface area contributed by atoms with Crippen LogP contribution in [0.25, 0.3) is 0 Å². The summed E-state index contributed by atoms with van der Waals surface area (Å²) in [4.78, 5) is 3.71. The van der Waals surface area contributed by atoms with Crippen molar-refractivity contribution in [3.63, 3.8) is 0 Å². The molecule has 106 valence electrons. The highest BCUT2D eigenvalue weighted by molar-refractivity contribution is 7.92. The summed E-state index contributed by atoms with van der Waals surface area (Å²) in [7, 11) is -3.77. The first-order valence-corrected chi connectivity index (χ1v) is 7.35. The van der Waals surface area contributed by atoms with Crippen LogP contribution >= 0.6 is 0 Å². The number of rotatable bonds is 3. The number of sulfonamides is 1. The molecule has 2 aromatic rings. The Morgan fingerprint density at radius 2 is 2.00 bits per heavy atom. The van der Waals surface area contributed by atoms with Crippen molar-refractivity contribution in [2.75, 3.05) is 11.5 Å². The molecule has 0 spiro atoms. The van der Waals surface area contributed by atoms with Gasteiger partial charge in [0.05, 0.1) is 5.69 Å². The van der Waals surface area contributed by atoms with Gasteiger partial charge in [-0.25, -0.2) is 13.4 Å². The second kappa shape index (κ2) is 4.96. The number of fused-ring (bicyclic) bond motifs is 1. The van der Waals surface area contributed by atoms with Gasteiger partial charge in [0.25, 0.3) is 10.0 Å². The minimum Gasteiger partial charge on any atom is -0.454 e. The van der Waals surface area contributed by atoms with Crippen molar-refractivity contribution < 1.29 is 17.9 Å². The van der Waals surface area contributed by atoms with Crippen LogP contribution in [0.4, 0.5) is 5.69 Å². The fourth-order valence-electron chi connectivity index (χ4n) is 1.78. The van der Waals surface area contributed by atoms with E-state index in [0.717, 1.165) is 6.20 Å². The van der Waals surface area contributed by atoms with Gasteiger partial charge in [-0.1, -0.05) is 0 Å². The minimum absolute atomic E-state index is 0.0285. The molecule has 0 saturated heterocycles. The van der Waals surface area contributed by atoms with Gasteiger partial charge >= 0.3 is 0 Å². The number of nitrogens with one attached hydrogen (secondary N) is 1. The van der Waals surface area contributed by atoms with E-state index >= 15 is 0 Å². The normalized spacial score (nSPS) is 12.7. The van der Waals surface area contributed by atoms with Crippen LogP contribution in [0, 0.1) is 11.3 Å². The quantitative estimate of drug-likeness (QED) is 0.921. The number of nitrogens with zero attached hydrogens (tertiary/aromatic N) is 2. The standard InChI is InChI=1S/C13H9N3O4S/c14-6-10-1-3-11(7-15-10)21(17,18)16-9-2-4-12-13(5-9)20-8-19-12/h1-5,7,16H,8H2. The Morgan fingerprint density at radius 3 is 2.71 bits per heavy atom. The van der Waals surface area contributed by atoms with Gasteiger partial charge in [-0.3, -0.25) is 4.72 Å². The molecule has 1 N–H and O–H groups in total. The molecule has 0 atom stereocenters. The fourth-order valence-corrected chi connectivity index (χ4v) is 2.77. The molecule has 0 fully saturated rings. The zero-order chi connectivity index (χ0) is 14.9. The lowest BCUT2D eigenvalue weighted by Gasteiger charge is -2.08. The van der Waals surface area contributed by atoms with Gasteiger partial charge in [-0.2, -0.15) is 5.26 Å². The maximum atomic E-state index is 12.2.